The minimum absolute atomic E-state index is 0.0110. The van der Waals surface area contributed by atoms with Crippen LogP contribution in [0, 0.1) is 28.6 Å². The Kier molecular flexibility index (Phi) is 3.15. The second-order valence-electron chi connectivity index (χ2n) is 8.70. The molecule has 0 aromatic rings. The van der Waals surface area contributed by atoms with Gasteiger partial charge in [0, 0.05) is 6.42 Å². The molecule has 0 heterocycles. The summed E-state index contributed by atoms with van der Waals surface area (Å²) in [6.45, 7) is 4.42. The van der Waals surface area contributed by atoms with E-state index in [-0.39, 0.29) is 22.7 Å². The molecule has 0 saturated heterocycles. The number of rotatable bonds is 0. The van der Waals surface area contributed by atoms with Crippen LogP contribution in [0.1, 0.15) is 58.8 Å². The minimum atomic E-state index is -0.962. The van der Waals surface area contributed by atoms with Crippen LogP contribution < -0.4 is 0 Å². The first-order chi connectivity index (χ1) is 10.4. The van der Waals surface area contributed by atoms with Gasteiger partial charge >= 0.3 is 0 Å². The number of hydrogen-bond acceptors (Lipinski definition) is 2. The number of carbonyl (C=O) groups is 1. The minimum Gasteiger partial charge on any atom is -0.393 e. The predicted octanol–water partition coefficient (Wildman–Crippen LogP) is 3.83. The third kappa shape index (κ3) is 1.78. The first-order valence-electron chi connectivity index (χ1n) is 8.93. The van der Waals surface area contributed by atoms with Crippen LogP contribution >= 0.6 is 0 Å². The average molecular weight is 306 g/mol. The van der Waals surface area contributed by atoms with Crippen molar-refractivity contribution in [3.8, 4) is 0 Å². The van der Waals surface area contributed by atoms with E-state index < -0.39 is 6.17 Å². The summed E-state index contributed by atoms with van der Waals surface area (Å²) in [7, 11) is 0. The molecule has 0 spiro atoms. The first kappa shape index (κ1) is 14.9. The molecular weight excluding hydrogens is 279 g/mol. The van der Waals surface area contributed by atoms with Gasteiger partial charge in [-0.25, -0.2) is 4.39 Å². The summed E-state index contributed by atoms with van der Waals surface area (Å²) in [5.74, 6) is 1.42. The zero-order chi connectivity index (χ0) is 15.7. The number of halogens is 1. The van der Waals surface area contributed by atoms with Gasteiger partial charge in [-0.3, -0.25) is 4.79 Å². The van der Waals surface area contributed by atoms with Crippen molar-refractivity contribution in [3.05, 3.63) is 11.6 Å². The number of allylic oxidation sites excluding steroid dienone is 1. The molecule has 0 aromatic carbocycles. The van der Waals surface area contributed by atoms with E-state index in [1.165, 1.54) is 0 Å². The molecular formula is C19H27FO2. The number of hydrogen-bond donors (Lipinski definition) is 1. The summed E-state index contributed by atoms with van der Waals surface area (Å²) in [6.07, 6.45) is 6.43. The third-order valence-electron chi connectivity index (χ3n) is 7.89. The van der Waals surface area contributed by atoms with Crippen LogP contribution in [0.25, 0.3) is 0 Å². The Hall–Kier alpha value is -0.700. The topological polar surface area (TPSA) is 37.3 Å². The van der Waals surface area contributed by atoms with E-state index in [2.05, 4.69) is 13.8 Å². The quantitative estimate of drug-likeness (QED) is 0.738. The molecule has 0 aromatic heterocycles. The van der Waals surface area contributed by atoms with Gasteiger partial charge in [0.05, 0.1) is 6.10 Å². The molecule has 0 amide bonds. The Balaban J connectivity index is 1.73. The van der Waals surface area contributed by atoms with Crippen LogP contribution in [0.5, 0.6) is 0 Å². The molecule has 22 heavy (non-hydrogen) atoms. The average Bonchev–Trinajstić information content (AvgIpc) is 2.77. The van der Waals surface area contributed by atoms with Gasteiger partial charge in [-0.05, 0) is 78.8 Å². The predicted molar refractivity (Wildman–Crippen MR) is 83.0 cm³/mol. The monoisotopic (exact) mass is 306 g/mol. The maximum atomic E-state index is 14.9. The van der Waals surface area contributed by atoms with Crippen molar-refractivity contribution in [1.82, 2.24) is 0 Å². The fourth-order valence-electron chi connectivity index (χ4n) is 6.53. The molecule has 122 valence electrons. The molecule has 0 radical (unpaired) electrons. The van der Waals surface area contributed by atoms with E-state index in [1.807, 2.05) is 0 Å². The molecule has 1 N–H and O–H groups in total. The van der Waals surface area contributed by atoms with Crippen molar-refractivity contribution in [3.63, 3.8) is 0 Å². The highest BCUT2D eigenvalue weighted by Crippen LogP contribution is 2.65. The van der Waals surface area contributed by atoms with Crippen molar-refractivity contribution < 1.29 is 14.3 Å². The summed E-state index contributed by atoms with van der Waals surface area (Å²) in [5, 5.41) is 10.4. The molecule has 3 heteroatoms. The van der Waals surface area contributed by atoms with Gasteiger partial charge in [0.25, 0.3) is 0 Å². The molecule has 4 rings (SSSR count). The number of fused-ring (bicyclic) bond motifs is 5. The highest BCUT2D eigenvalue weighted by atomic mass is 19.1. The first-order valence-corrected chi connectivity index (χ1v) is 8.93. The summed E-state index contributed by atoms with van der Waals surface area (Å²) < 4.78 is 14.9. The normalized spacial score (nSPS) is 54.3. The van der Waals surface area contributed by atoms with E-state index >= 15 is 0 Å². The second kappa shape index (κ2) is 4.66. The second-order valence-corrected chi connectivity index (χ2v) is 8.70. The van der Waals surface area contributed by atoms with Gasteiger partial charge in [0.1, 0.15) is 6.17 Å². The standard InChI is InChI=1S/C19H27FO2/c1-18-7-5-11(21)9-15(18)16(20)10-12-13-3-4-17(22)19(13,2)8-6-14(12)18/h9,12-14,16-17,22H,3-8,10H2,1-2H3/t12-,13-,14-,16-,17+,18+,19-/m0/s1. The third-order valence-corrected chi connectivity index (χ3v) is 7.89. The Morgan fingerprint density at radius 2 is 1.95 bits per heavy atom. The molecule has 3 fully saturated rings. The van der Waals surface area contributed by atoms with Crippen LogP contribution in [0.3, 0.4) is 0 Å². The maximum Gasteiger partial charge on any atom is 0.155 e. The number of carbonyl (C=O) groups excluding carboxylic acids is 1. The van der Waals surface area contributed by atoms with Crippen LogP contribution in [-0.2, 0) is 4.79 Å². The zero-order valence-electron chi connectivity index (χ0n) is 13.6. The lowest BCUT2D eigenvalue weighted by molar-refractivity contribution is -0.119. The smallest absolute Gasteiger partial charge is 0.155 e. The Labute approximate surface area is 132 Å². The molecule has 4 aliphatic carbocycles. The zero-order valence-corrected chi connectivity index (χ0v) is 13.6. The highest BCUT2D eigenvalue weighted by Gasteiger charge is 2.60. The molecule has 0 unspecified atom stereocenters. The summed E-state index contributed by atoms with van der Waals surface area (Å²) in [6, 6.07) is 0. The fourth-order valence-corrected chi connectivity index (χ4v) is 6.53. The van der Waals surface area contributed by atoms with E-state index in [0.29, 0.717) is 30.6 Å². The molecule has 0 bridgehead atoms. The number of alkyl halides is 1. The van der Waals surface area contributed by atoms with Crippen molar-refractivity contribution in [2.75, 3.05) is 0 Å². The molecule has 4 aliphatic rings. The van der Waals surface area contributed by atoms with E-state index in [0.717, 1.165) is 37.7 Å². The molecule has 0 aliphatic heterocycles. The van der Waals surface area contributed by atoms with Gasteiger partial charge < -0.3 is 5.11 Å². The number of aliphatic hydroxyl groups excluding tert-OH is 1. The summed E-state index contributed by atoms with van der Waals surface area (Å²) >= 11 is 0. The van der Waals surface area contributed by atoms with E-state index in [4.69, 9.17) is 0 Å². The van der Waals surface area contributed by atoms with Gasteiger partial charge in [0.2, 0.25) is 0 Å². The molecule has 3 saturated carbocycles. The largest absolute Gasteiger partial charge is 0.393 e. The lowest BCUT2D eigenvalue weighted by Gasteiger charge is -2.58. The Morgan fingerprint density at radius 1 is 1.18 bits per heavy atom. The molecule has 7 atom stereocenters. The van der Waals surface area contributed by atoms with Gasteiger partial charge in [-0.1, -0.05) is 13.8 Å². The maximum absolute atomic E-state index is 14.9. The summed E-state index contributed by atoms with van der Waals surface area (Å²) in [4.78, 5) is 11.8. The Bertz CT molecular complexity index is 542. The van der Waals surface area contributed by atoms with Gasteiger partial charge in [-0.2, -0.15) is 0 Å². The van der Waals surface area contributed by atoms with Crippen molar-refractivity contribution in [1.29, 1.82) is 0 Å². The molecule has 2 nitrogen and oxygen atoms in total. The summed E-state index contributed by atoms with van der Waals surface area (Å²) in [5.41, 5.74) is 0.640. The lowest BCUT2D eigenvalue weighted by atomic mass is 9.47. The fraction of sp³-hybridized carbons (Fsp3) is 0.842. The van der Waals surface area contributed by atoms with Crippen LogP contribution in [0.2, 0.25) is 0 Å². The van der Waals surface area contributed by atoms with Crippen LogP contribution in [0.4, 0.5) is 4.39 Å². The van der Waals surface area contributed by atoms with Gasteiger partial charge in [-0.15, -0.1) is 0 Å². The number of aliphatic hydroxyl groups is 1. The number of ketones is 1. The van der Waals surface area contributed by atoms with Crippen LogP contribution in [0.15, 0.2) is 11.6 Å². The van der Waals surface area contributed by atoms with Crippen LogP contribution in [-0.4, -0.2) is 23.2 Å². The van der Waals surface area contributed by atoms with E-state index in [9.17, 15) is 14.3 Å². The SMILES string of the molecule is C[C@]12CC[C@H]3[C@@H](C[C@H](F)C4=CC(=O)CC[C@@]43C)[C@@H]1CC[C@H]2O. The van der Waals surface area contributed by atoms with Gasteiger partial charge in [0.15, 0.2) is 5.78 Å². The van der Waals surface area contributed by atoms with Crippen molar-refractivity contribution in [2.24, 2.45) is 28.6 Å². The highest BCUT2D eigenvalue weighted by molar-refractivity contribution is 5.91. The van der Waals surface area contributed by atoms with Crippen molar-refractivity contribution in [2.45, 2.75) is 71.1 Å². The lowest BCUT2D eigenvalue weighted by Crippen LogP contribution is -2.53. The Morgan fingerprint density at radius 3 is 2.73 bits per heavy atom. The van der Waals surface area contributed by atoms with Crippen molar-refractivity contribution >= 4 is 5.78 Å². The van der Waals surface area contributed by atoms with E-state index in [1.54, 1.807) is 6.08 Å².